The highest BCUT2D eigenvalue weighted by molar-refractivity contribution is 7.86. The third kappa shape index (κ3) is 47.8. The molecule has 3 aromatic rings. The van der Waals surface area contributed by atoms with Crippen molar-refractivity contribution in [1.82, 2.24) is 14.8 Å². The molecule has 6 N–H and O–H groups in total. The summed E-state index contributed by atoms with van der Waals surface area (Å²) in [5.41, 5.74) is 11.8. The zero-order chi connectivity index (χ0) is 92.2. The summed E-state index contributed by atoms with van der Waals surface area (Å²) in [6.07, 6.45) is 11.9. The smallest absolute Gasteiger partial charge is 0.310 e. The van der Waals surface area contributed by atoms with E-state index in [0.717, 1.165) is 62.8 Å². The van der Waals surface area contributed by atoms with Crippen LogP contribution in [-0.4, -0.2) is 187 Å². The van der Waals surface area contributed by atoms with Crippen LogP contribution < -0.4 is 16.5 Å². The van der Waals surface area contributed by atoms with Gasteiger partial charge in [-0.25, -0.2) is 8.78 Å². The molecule has 3 fully saturated rings. The summed E-state index contributed by atoms with van der Waals surface area (Å²) in [7, 11) is 1.46. The maximum absolute atomic E-state index is 13.9. The van der Waals surface area contributed by atoms with Crippen LogP contribution in [0.5, 0.6) is 5.75 Å². The first-order valence-corrected chi connectivity index (χ1v) is 43.6. The third-order valence-electron chi connectivity index (χ3n) is 18.3. The second-order valence-electron chi connectivity index (χ2n) is 35.0. The Morgan fingerprint density at radius 1 is 0.700 bits per heavy atom. The van der Waals surface area contributed by atoms with Crippen molar-refractivity contribution in [3.63, 3.8) is 0 Å². The van der Waals surface area contributed by atoms with Gasteiger partial charge < -0.3 is 69.0 Å². The van der Waals surface area contributed by atoms with Crippen molar-refractivity contribution in [3.05, 3.63) is 103 Å². The summed E-state index contributed by atoms with van der Waals surface area (Å²) in [6.45, 7) is 41.9. The van der Waals surface area contributed by atoms with Gasteiger partial charge in [0.1, 0.15) is 34.0 Å². The van der Waals surface area contributed by atoms with Crippen molar-refractivity contribution in [1.29, 1.82) is 0 Å². The highest BCUT2D eigenvalue weighted by Crippen LogP contribution is 2.39. The molecule has 11 atom stereocenters. The average molecular weight is 1740 g/mol. The van der Waals surface area contributed by atoms with E-state index in [0.29, 0.717) is 63.1 Å². The van der Waals surface area contributed by atoms with E-state index in [1.807, 2.05) is 104 Å². The van der Waals surface area contributed by atoms with Crippen LogP contribution in [0.3, 0.4) is 0 Å². The van der Waals surface area contributed by atoms with Crippen molar-refractivity contribution in [2.24, 2.45) is 52.3 Å². The number of ketones is 1. The quantitative estimate of drug-likeness (QED) is 0.00630. The number of esters is 6. The Morgan fingerprint density at radius 3 is 1.62 bits per heavy atom. The number of aromatic hydroxyl groups is 1. The van der Waals surface area contributed by atoms with Gasteiger partial charge in [-0.1, -0.05) is 90.2 Å². The van der Waals surface area contributed by atoms with Crippen LogP contribution in [0.2, 0.25) is 0 Å². The molecule has 2 aliphatic heterocycles. The Bertz CT molecular complexity index is 3850. The second kappa shape index (κ2) is 56.3. The van der Waals surface area contributed by atoms with E-state index in [9.17, 15) is 65.5 Å². The van der Waals surface area contributed by atoms with Crippen LogP contribution >= 0.6 is 9.24 Å². The lowest BCUT2D eigenvalue weighted by atomic mass is 9.98. The Kier molecular flexibility index (Phi) is 52.7. The fourth-order valence-corrected chi connectivity index (χ4v) is 12.9. The number of hydrogen-bond acceptors (Lipinski definition) is 25. The van der Waals surface area contributed by atoms with Gasteiger partial charge in [0.15, 0.2) is 23.5 Å². The number of Topliss-reactive ketones (excluding diaryl/α,β-unsaturated/α-hetero) is 1. The highest BCUT2D eigenvalue weighted by Gasteiger charge is 2.47. The fraction of sp³-hybridized carbons (Fsp3) is 0.713. The molecule has 2 aromatic carbocycles. The molecular weight excluding hydrogens is 1600 g/mol. The van der Waals surface area contributed by atoms with Gasteiger partial charge in [-0.05, 0) is 220 Å². The number of azide groups is 1. The van der Waals surface area contributed by atoms with Gasteiger partial charge in [0.25, 0.3) is 16.0 Å². The summed E-state index contributed by atoms with van der Waals surface area (Å²) in [5, 5.41) is 34.4. The van der Waals surface area contributed by atoms with Gasteiger partial charge in [0.05, 0.1) is 62.9 Å². The molecular formula is C87H144F2N7O22PS. The summed E-state index contributed by atoms with van der Waals surface area (Å²) in [5.74, 6) is -4.18. The third-order valence-corrected chi connectivity index (χ3v) is 19.6. The number of halogens is 2. The number of ether oxygens (including phenoxy) is 7. The van der Waals surface area contributed by atoms with Crippen LogP contribution in [0.25, 0.3) is 10.4 Å². The number of fused-ring (bicyclic) bond motifs is 4. The van der Waals surface area contributed by atoms with Gasteiger partial charge in [-0.3, -0.25) is 47.3 Å². The first-order chi connectivity index (χ1) is 55.6. The van der Waals surface area contributed by atoms with Crippen molar-refractivity contribution >= 4 is 66.9 Å². The number of aliphatic hydroxyl groups excluding tert-OH is 2. The number of amides is 1. The zero-order valence-corrected chi connectivity index (χ0v) is 77.6. The number of rotatable bonds is 29. The molecule has 0 spiro atoms. The molecule has 33 heteroatoms. The average Bonchev–Trinajstić information content (AvgIpc) is 1.19. The van der Waals surface area contributed by atoms with Crippen molar-refractivity contribution in [3.8, 4) is 5.75 Å². The summed E-state index contributed by atoms with van der Waals surface area (Å²) >= 11 is 0. The Morgan fingerprint density at radius 2 is 1.18 bits per heavy atom. The molecule has 120 heavy (non-hydrogen) atoms. The van der Waals surface area contributed by atoms with E-state index < -0.39 is 67.7 Å². The van der Waals surface area contributed by atoms with Gasteiger partial charge in [0, 0.05) is 86.5 Å². The van der Waals surface area contributed by atoms with Gasteiger partial charge in [-0.2, -0.15) is 8.42 Å². The monoisotopic (exact) mass is 1740 g/mol. The number of methoxy groups -OCH3 is 2. The summed E-state index contributed by atoms with van der Waals surface area (Å²) in [6, 6.07) is 10.4. The Labute approximate surface area is 714 Å². The first kappa shape index (κ1) is 112. The molecule has 1 aromatic heterocycles. The first-order valence-electron chi connectivity index (χ1n) is 41.4. The van der Waals surface area contributed by atoms with Crippen LogP contribution in [0.1, 0.15) is 267 Å². The topological polar surface area (TPSA) is 417 Å². The lowest BCUT2D eigenvalue weighted by Gasteiger charge is -2.46. The predicted octanol–water partition coefficient (Wildman–Crippen LogP) is 14.6. The minimum absolute atomic E-state index is 0.0245. The molecule has 1 amide bonds. The molecule has 0 bridgehead atoms. The standard InChI is InChI=1S/C23H22F2N2O5.C17H26O5S.C13H27NO2.C11H20O4.C10H19N3O2.C6H13NO.C5H10O3.C2H7P/c24-14-6-4-12(16(25)8-14)5-7-18(28)15-9-26-10-19-27(17-3-1-2-13(17)11-32-19)23(31)20(26)22(30)21(15)29;1-13-6-9-15(10-7-13)23(19,20)21-12-14(2)8-11-16(18)22-17(3,4)5;1-10(2)14-9-11(3)7-8-12(15)16-13(4,5)6;1-8(10(13)14-5)6-7-9(12)15-11(2,3)4;1-8(7-12-13-11)5-6-9(14)15-10(2,3)4;7-6-3-1-2-5(6)4-8;1-4(3-6)5(7)8-2;1-2-3/h4,6,8-9,13,17,19,30H,1-3,5,7,10-11H2;6-7,9-10,14H,8,11-12H2,1-5H3;10-11,14H,7-9H2,1-6H3;8H,6-7H2,1-5H3;8H,5-7H2,1-4H3;5-6,8H,1-4,7H2;4,6H,3H2,1-2H3;2-3H2,1H3/t13-,17-,19+;14-;11-;2*8-;5-,6-;4-;/m0000000./s1. The number of benzene rings is 2. The fourth-order valence-electron chi connectivity index (χ4n) is 11.9. The van der Waals surface area contributed by atoms with Crippen molar-refractivity contribution in [2.75, 3.05) is 59.9 Å². The van der Waals surface area contributed by atoms with Crippen LogP contribution in [-0.2, 0) is 89.2 Å². The van der Waals surface area contributed by atoms with E-state index in [4.69, 9.17) is 49.3 Å². The Hall–Kier alpha value is -7.54. The SMILES string of the molecule is CC(C)NC[C@@H](C)CCC(=O)OC(C)(C)C.CCP.COC(=O)[C@@H](C)CCC(=O)OC(C)(C)C.COC(=O)[C@@H](C)CO.C[C@@H](CCC(=O)OC(C)(C)C)CN=[N+]=[N-].Cc1ccc(S(=O)(=O)OC[C@@H](C)CCC(=O)OC(C)(C)C)cc1.N[C@H]1CCC[C@H]1CO.O=C(CCc1ccc(F)cc1F)c1cn2c(c(O)c1=O)C(=O)N1[C@@H](C2)OC[C@@H]2CCC[C@@H]21. The molecule has 4 aliphatic rings. The number of hydrogen-bond donors (Lipinski definition) is 5. The largest absolute Gasteiger partial charge is 0.503 e. The number of aryl methyl sites for hydroxylation is 2. The minimum Gasteiger partial charge on any atom is -0.503 e. The van der Waals surface area contributed by atoms with Gasteiger partial charge in [0.2, 0.25) is 5.43 Å². The number of aromatic nitrogens is 1. The lowest BCUT2D eigenvalue weighted by molar-refractivity contribution is -0.157. The molecule has 7 rings (SSSR count). The number of nitrogens with zero attached hydrogens (tertiary/aromatic N) is 5. The lowest BCUT2D eigenvalue weighted by Crippen LogP contribution is -2.59. The number of aliphatic hydroxyl groups is 2. The predicted molar refractivity (Wildman–Crippen MR) is 460 cm³/mol. The molecule has 1 saturated heterocycles. The second-order valence-corrected chi connectivity index (χ2v) is 37.4. The molecule has 684 valence electrons. The molecule has 2 aliphatic carbocycles. The van der Waals surface area contributed by atoms with Crippen LogP contribution in [0, 0.1) is 60.0 Å². The van der Waals surface area contributed by atoms with E-state index in [2.05, 4.69) is 61.8 Å². The number of carbonyl (C=O) groups excluding carboxylic acids is 8. The number of pyridine rings is 1. The number of nitrogens with two attached hydrogens (primary N) is 1. The molecule has 3 heterocycles. The Balaban J connectivity index is 0.00000144. The maximum atomic E-state index is 13.9. The summed E-state index contributed by atoms with van der Waals surface area (Å²) in [4.78, 5) is 110. The van der Waals surface area contributed by atoms with Gasteiger partial charge >= 0.3 is 35.8 Å². The molecule has 29 nitrogen and oxygen atoms in total. The zero-order valence-electron chi connectivity index (χ0n) is 75.6. The van der Waals surface area contributed by atoms with Gasteiger partial charge in [-0.15, -0.1) is 9.24 Å². The summed E-state index contributed by atoms with van der Waals surface area (Å²) < 4.78 is 93.0. The number of carbonyl (C=O) groups is 8. The van der Waals surface area contributed by atoms with E-state index in [-0.39, 0.29) is 157 Å². The van der Waals surface area contributed by atoms with Crippen molar-refractivity contribution < 1.29 is 108 Å². The van der Waals surface area contributed by atoms with E-state index in [1.165, 1.54) is 55.8 Å². The van der Waals surface area contributed by atoms with Crippen LogP contribution in [0.15, 0.2) is 63.5 Å². The maximum Gasteiger partial charge on any atom is 0.310 e. The molecule has 1 unspecified atom stereocenters. The van der Waals surface area contributed by atoms with Crippen LogP contribution in [0.4, 0.5) is 8.78 Å². The highest BCUT2D eigenvalue weighted by atomic mass is 32.2. The molecule has 0 radical (unpaired) electrons. The van der Waals surface area contributed by atoms with Crippen molar-refractivity contribution in [2.45, 2.75) is 306 Å². The number of nitrogens with one attached hydrogen (secondary N) is 1. The van der Waals surface area contributed by atoms with E-state index >= 15 is 0 Å². The van der Waals surface area contributed by atoms with E-state index in [1.54, 1.807) is 30.9 Å². The molecule has 2 saturated carbocycles. The normalized spacial score (nSPS) is 17.7. The minimum atomic E-state index is -3.76.